The quantitative estimate of drug-likeness (QED) is 0.903. The van der Waals surface area contributed by atoms with Gasteiger partial charge in [-0.2, -0.15) is 0 Å². The second-order valence-corrected chi connectivity index (χ2v) is 7.47. The summed E-state index contributed by atoms with van der Waals surface area (Å²) in [6.45, 7) is 0. The largest absolute Gasteiger partial charge is 0.494 e. The van der Waals surface area contributed by atoms with Crippen molar-refractivity contribution < 1.29 is 17.5 Å². The molecule has 0 bridgehead atoms. The molecule has 20 heavy (non-hydrogen) atoms. The van der Waals surface area contributed by atoms with Crippen LogP contribution in [0.1, 0.15) is 24.4 Å². The lowest BCUT2D eigenvalue weighted by molar-refractivity contribution is 0.384. The topological polar surface area (TPSA) is 55.4 Å². The van der Waals surface area contributed by atoms with Crippen LogP contribution >= 0.6 is 0 Å². The molecule has 0 aromatic heterocycles. The molecule has 0 spiro atoms. The molecule has 2 atom stereocenters. The predicted molar refractivity (Wildman–Crippen MR) is 76.1 cm³/mol. The van der Waals surface area contributed by atoms with Crippen molar-refractivity contribution in [3.63, 3.8) is 0 Å². The van der Waals surface area contributed by atoms with Crippen molar-refractivity contribution in [1.29, 1.82) is 0 Å². The predicted octanol–water partition coefficient (Wildman–Crippen LogP) is 1.92. The highest BCUT2D eigenvalue weighted by molar-refractivity contribution is 7.91. The molecule has 1 aromatic rings. The molecule has 1 aliphatic rings. The van der Waals surface area contributed by atoms with Crippen LogP contribution in [0, 0.1) is 11.7 Å². The third-order valence-electron chi connectivity index (χ3n) is 3.82. The van der Waals surface area contributed by atoms with Crippen LogP contribution < -0.4 is 10.1 Å². The molecule has 0 aliphatic carbocycles. The highest BCUT2D eigenvalue weighted by atomic mass is 32.2. The zero-order chi connectivity index (χ0) is 14.8. The summed E-state index contributed by atoms with van der Waals surface area (Å²) in [6, 6.07) is 4.81. The van der Waals surface area contributed by atoms with E-state index in [1.807, 2.05) is 6.07 Å². The fourth-order valence-electron chi connectivity index (χ4n) is 2.71. The van der Waals surface area contributed by atoms with Gasteiger partial charge in [-0.3, -0.25) is 0 Å². The van der Waals surface area contributed by atoms with Crippen LogP contribution in [-0.2, 0) is 9.84 Å². The maximum atomic E-state index is 13.7. The standard InChI is InChI=1S/C14H20FNO3S/c1-16-13(7-10-5-6-20(17,18)9-10)11-3-4-14(19-2)12(15)8-11/h3-4,8,10,13,16H,5-7,9H2,1-2H3. The van der Waals surface area contributed by atoms with Crippen molar-refractivity contribution >= 4 is 9.84 Å². The van der Waals surface area contributed by atoms with Gasteiger partial charge in [-0.15, -0.1) is 0 Å². The van der Waals surface area contributed by atoms with E-state index in [0.29, 0.717) is 12.8 Å². The molecule has 6 heteroatoms. The Hall–Kier alpha value is -1.14. The molecule has 1 N–H and O–H groups in total. The van der Waals surface area contributed by atoms with E-state index < -0.39 is 15.7 Å². The summed E-state index contributed by atoms with van der Waals surface area (Å²) < 4.78 is 41.6. The number of hydrogen-bond donors (Lipinski definition) is 1. The van der Waals surface area contributed by atoms with Crippen LogP contribution in [0.4, 0.5) is 4.39 Å². The van der Waals surface area contributed by atoms with Gasteiger partial charge in [-0.05, 0) is 43.5 Å². The summed E-state index contributed by atoms with van der Waals surface area (Å²) in [4.78, 5) is 0. The molecule has 4 nitrogen and oxygen atoms in total. The number of rotatable bonds is 5. The van der Waals surface area contributed by atoms with Crippen LogP contribution in [-0.4, -0.2) is 34.1 Å². The second-order valence-electron chi connectivity index (χ2n) is 5.24. The SMILES string of the molecule is CNC(CC1CCS(=O)(=O)C1)c1ccc(OC)c(F)c1. The number of methoxy groups -OCH3 is 1. The number of nitrogens with one attached hydrogen (secondary N) is 1. The zero-order valence-electron chi connectivity index (χ0n) is 11.7. The molecule has 1 aromatic carbocycles. The van der Waals surface area contributed by atoms with Crippen LogP contribution in [0.25, 0.3) is 0 Å². The summed E-state index contributed by atoms with van der Waals surface area (Å²) in [6.07, 6.45) is 1.39. The summed E-state index contributed by atoms with van der Waals surface area (Å²) in [5.74, 6) is 0.466. The first-order chi connectivity index (χ1) is 9.45. The molecule has 0 radical (unpaired) electrons. The Morgan fingerprint density at radius 1 is 1.50 bits per heavy atom. The molecule has 2 rings (SSSR count). The Kier molecular flexibility index (Phi) is 4.65. The van der Waals surface area contributed by atoms with Crippen molar-refractivity contribution in [3.05, 3.63) is 29.6 Å². The van der Waals surface area contributed by atoms with Gasteiger partial charge in [0, 0.05) is 6.04 Å². The van der Waals surface area contributed by atoms with Gasteiger partial charge in [0.2, 0.25) is 0 Å². The Morgan fingerprint density at radius 2 is 2.25 bits per heavy atom. The lowest BCUT2D eigenvalue weighted by atomic mass is 9.94. The van der Waals surface area contributed by atoms with E-state index in [4.69, 9.17) is 4.74 Å². The normalized spacial score (nSPS) is 22.6. The van der Waals surface area contributed by atoms with Gasteiger partial charge < -0.3 is 10.1 Å². The minimum absolute atomic E-state index is 0.0475. The Balaban J connectivity index is 2.10. The van der Waals surface area contributed by atoms with Gasteiger partial charge in [0.25, 0.3) is 0 Å². The third-order valence-corrected chi connectivity index (χ3v) is 5.66. The van der Waals surface area contributed by atoms with Crippen LogP contribution in [0.3, 0.4) is 0 Å². The van der Waals surface area contributed by atoms with Gasteiger partial charge in [-0.1, -0.05) is 6.07 Å². The van der Waals surface area contributed by atoms with E-state index >= 15 is 0 Å². The van der Waals surface area contributed by atoms with E-state index in [0.717, 1.165) is 5.56 Å². The monoisotopic (exact) mass is 301 g/mol. The zero-order valence-corrected chi connectivity index (χ0v) is 12.5. The maximum Gasteiger partial charge on any atom is 0.165 e. The van der Waals surface area contributed by atoms with Crippen LogP contribution in [0.15, 0.2) is 18.2 Å². The van der Waals surface area contributed by atoms with Crippen molar-refractivity contribution in [3.8, 4) is 5.75 Å². The van der Waals surface area contributed by atoms with Gasteiger partial charge in [0.05, 0.1) is 18.6 Å². The Labute approximate surface area is 119 Å². The van der Waals surface area contributed by atoms with Crippen molar-refractivity contribution in [2.24, 2.45) is 5.92 Å². The number of halogens is 1. The summed E-state index contributed by atoms with van der Waals surface area (Å²) in [5.41, 5.74) is 0.815. The average Bonchev–Trinajstić information content (AvgIpc) is 2.75. The number of hydrogen-bond acceptors (Lipinski definition) is 4. The van der Waals surface area contributed by atoms with Crippen LogP contribution in [0.2, 0.25) is 0 Å². The first-order valence-corrected chi connectivity index (χ1v) is 8.48. The van der Waals surface area contributed by atoms with Gasteiger partial charge in [-0.25, -0.2) is 12.8 Å². The molecular weight excluding hydrogens is 281 g/mol. The van der Waals surface area contributed by atoms with Gasteiger partial charge in [0.15, 0.2) is 21.4 Å². The fraction of sp³-hybridized carbons (Fsp3) is 0.571. The Morgan fingerprint density at radius 3 is 2.75 bits per heavy atom. The molecule has 2 unspecified atom stereocenters. The smallest absolute Gasteiger partial charge is 0.165 e. The van der Waals surface area contributed by atoms with Crippen molar-refractivity contribution in [2.75, 3.05) is 25.7 Å². The molecule has 1 saturated heterocycles. The van der Waals surface area contributed by atoms with Gasteiger partial charge in [0.1, 0.15) is 0 Å². The highest BCUT2D eigenvalue weighted by Gasteiger charge is 2.30. The second kappa shape index (κ2) is 6.10. The van der Waals surface area contributed by atoms with E-state index in [2.05, 4.69) is 5.32 Å². The first kappa shape index (κ1) is 15.3. The minimum Gasteiger partial charge on any atom is -0.494 e. The fourth-order valence-corrected chi connectivity index (χ4v) is 4.59. The van der Waals surface area contributed by atoms with Crippen molar-refractivity contribution in [1.82, 2.24) is 5.32 Å². The molecule has 0 amide bonds. The van der Waals surface area contributed by atoms with Crippen molar-refractivity contribution in [2.45, 2.75) is 18.9 Å². The van der Waals surface area contributed by atoms with Gasteiger partial charge >= 0.3 is 0 Å². The lowest BCUT2D eigenvalue weighted by Gasteiger charge is -2.20. The van der Waals surface area contributed by atoms with E-state index in [1.165, 1.54) is 13.2 Å². The molecule has 1 fully saturated rings. The summed E-state index contributed by atoms with van der Waals surface area (Å²) in [5, 5.41) is 3.13. The maximum absolute atomic E-state index is 13.7. The number of ether oxygens (including phenoxy) is 1. The molecule has 0 saturated carbocycles. The lowest BCUT2D eigenvalue weighted by Crippen LogP contribution is -2.20. The molecule has 1 heterocycles. The molecule has 112 valence electrons. The van der Waals surface area contributed by atoms with E-state index in [9.17, 15) is 12.8 Å². The van der Waals surface area contributed by atoms with E-state index in [-0.39, 0.29) is 29.2 Å². The van der Waals surface area contributed by atoms with E-state index in [1.54, 1.807) is 13.1 Å². The number of benzene rings is 1. The minimum atomic E-state index is -2.87. The first-order valence-electron chi connectivity index (χ1n) is 6.66. The highest BCUT2D eigenvalue weighted by Crippen LogP contribution is 2.30. The van der Waals surface area contributed by atoms with Crippen LogP contribution in [0.5, 0.6) is 5.75 Å². The third kappa shape index (κ3) is 3.49. The molecule has 1 aliphatic heterocycles. The number of sulfone groups is 1. The average molecular weight is 301 g/mol. The Bertz CT molecular complexity index is 574. The summed E-state index contributed by atoms with van der Waals surface area (Å²) in [7, 11) is 0.357. The molecular formula is C14H20FNO3S. The summed E-state index contributed by atoms with van der Waals surface area (Å²) >= 11 is 0.